The summed E-state index contributed by atoms with van der Waals surface area (Å²) in [5, 5.41) is 2.56. The van der Waals surface area contributed by atoms with Crippen LogP contribution in [0.15, 0.2) is 188 Å². The molecule has 1 heterocycles. The molecule has 0 N–H and O–H groups in total. The van der Waals surface area contributed by atoms with Crippen molar-refractivity contribution >= 4 is 27.4 Å². The van der Waals surface area contributed by atoms with Crippen LogP contribution in [0.1, 0.15) is 48.8 Å². The van der Waals surface area contributed by atoms with Gasteiger partial charge in [-0.1, -0.05) is 158 Å². The number of hydrogen-bond acceptors (Lipinski definition) is 0. The summed E-state index contributed by atoms with van der Waals surface area (Å²) < 4.78 is 2.39. The van der Waals surface area contributed by atoms with E-state index in [9.17, 15) is 0 Å². The first-order chi connectivity index (χ1) is 26.2. The predicted octanol–water partition coefficient (Wildman–Crippen LogP) is 14.4. The minimum Gasteiger partial charge on any atom is -0.309 e. The lowest BCUT2D eigenvalue weighted by Crippen LogP contribution is -2.07. The highest BCUT2D eigenvalue weighted by molar-refractivity contribution is 6.10. The van der Waals surface area contributed by atoms with Crippen LogP contribution in [0.5, 0.6) is 0 Å². The fourth-order valence-electron chi connectivity index (χ4n) is 8.51. The number of aryl methyl sites for hydroxylation is 1. The highest BCUT2D eigenvalue weighted by Gasteiger charge is 2.22. The fraction of sp³-hybridized carbons (Fsp3) is 0.115. The average Bonchev–Trinajstić information content (AvgIpc) is 3.56. The van der Waals surface area contributed by atoms with Crippen molar-refractivity contribution in [1.82, 2.24) is 4.57 Å². The highest BCUT2D eigenvalue weighted by atomic mass is 15.0. The summed E-state index contributed by atoms with van der Waals surface area (Å²) in [6.07, 6.45) is 7.99. The summed E-state index contributed by atoms with van der Waals surface area (Å²) in [4.78, 5) is 0. The third-order valence-corrected chi connectivity index (χ3v) is 11.2. The van der Waals surface area contributed by atoms with E-state index in [1.165, 1.54) is 83.1 Å². The molecule has 7 aromatic carbocycles. The zero-order valence-corrected chi connectivity index (χ0v) is 30.5. The summed E-state index contributed by atoms with van der Waals surface area (Å²) in [5.41, 5.74) is 18.2. The van der Waals surface area contributed by atoms with Crippen LogP contribution >= 0.6 is 0 Å². The van der Waals surface area contributed by atoms with Gasteiger partial charge in [0.2, 0.25) is 0 Å². The van der Waals surface area contributed by atoms with Gasteiger partial charge in [-0.3, -0.25) is 0 Å². The second-order valence-electron chi connectivity index (χ2n) is 14.4. The van der Waals surface area contributed by atoms with Crippen LogP contribution in [0.2, 0.25) is 0 Å². The second-order valence-corrected chi connectivity index (χ2v) is 14.4. The van der Waals surface area contributed by atoms with Crippen molar-refractivity contribution in [3.05, 3.63) is 204 Å². The van der Waals surface area contributed by atoms with E-state index in [1.54, 1.807) is 5.57 Å². The van der Waals surface area contributed by atoms with Gasteiger partial charge in [0.25, 0.3) is 0 Å². The van der Waals surface area contributed by atoms with Crippen molar-refractivity contribution in [2.24, 2.45) is 0 Å². The van der Waals surface area contributed by atoms with E-state index < -0.39 is 0 Å². The monoisotopic (exact) mass is 681 g/mol. The van der Waals surface area contributed by atoms with Gasteiger partial charge < -0.3 is 4.57 Å². The number of para-hydroxylation sites is 2. The van der Waals surface area contributed by atoms with Gasteiger partial charge in [-0.15, -0.1) is 0 Å². The van der Waals surface area contributed by atoms with E-state index in [4.69, 9.17) is 0 Å². The Morgan fingerprint density at radius 3 is 1.92 bits per heavy atom. The molecule has 8 aromatic rings. The maximum atomic E-state index is 2.44. The molecule has 0 bridgehead atoms. The van der Waals surface area contributed by atoms with E-state index in [2.05, 4.69) is 200 Å². The standard InChI is InChI=1S/C52H43N/c1-3-45(43-18-14-17-40(33-43)39-29-27-38(28-30-39)37-15-6-4-7-16-37)46-21-10-11-22-47(46)49-34-41(26-25-36(49)2)42-31-32-52-50(35-42)48-23-12-13-24-51(48)53(52)44-19-8-5-9-20-44/h4-9,11-20,22-35,45H,3,10,21H2,1-2H3. The Balaban J connectivity index is 1.09. The number of rotatable bonds is 8. The molecule has 0 saturated carbocycles. The molecule has 0 aliphatic heterocycles. The lowest BCUT2D eigenvalue weighted by Gasteiger charge is -2.26. The normalized spacial score (nSPS) is 13.5. The Kier molecular flexibility index (Phi) is 8.70. The van der Waals surface area contributed by atoms with Gasteiger partial charge in [0, 0.05) is 22.4 Å². The minimum atomic E-state index is 0.349. The molecule has 256 valence electrons. The molecule has 1 atom stereocenters. The van der Waals surface area contributed by atoms with Crippen molar-refractivity contribution in [2.75, 3.05) is 0 Å². The molecule has 1 unspecified atom stereocenters. The quantitative estimate of drug-likeness (QED) is 0.150. The molecule has 53 heavy (non-hydrogen) atoms. The van der Waals surface area contributed by atoms with Crippen LogP contribution in [0.4, 0.5) is 0 Å². The SMILES string of the molecule is CCC(C1=C(c2cc(-c3ccc4c(c3)c3ccccc3n4-c3ccccc3)ccc2C)C=CCC1)c1cccc(-c2ccc(-c3ccccc3)cc2)c1. The number of nitrogens with zero attached hydrogens (tertiary/aromatic N) is 1. The first-order valence-corrected chi connectivity index (χ1v) is 19.0. The molecule has 0 fully saturated rings. The lowest BCUT2D eigenvalue weighted by atomic mass is 9.78. The van der Waals surface area contributed by atoms with E-state index >= 15 is 0 Å². The van der Waals surface area contributed by atoms with Crippen molar-refractivity contribution < 1.29 is 0 Å². The topological polar surface area (TPSA) is 4.93 Å². The summed E-state index contributed by atoms with van der Waals surface area (Å²) in [7, 11) is 0. The molecule has 0 radical (unpaired) electrons. The number of hydrogen-bond donors (Lipinski definition) is 0. The molecular formula is C52H43N. The van der Waals surface area contributed by atoms with Crippen LogP contribution < -0.4 is 0 Å². The van der Waals surface area contributed by atoms with Crippen molar-refractivity contribution in [1.29, 1.82) is 0 Å². The van der Waals surface area contributed by atoms with E-state index in [0.717, 1.165) is 19.3 Å². The van der Waals surface area contributed by atoms with Crippen LogP contribution in [0, 0.1) is 6.92 Å². The van der Waals surface area contributed by atoms with Crippen LogP contribution in [0.3, 0.4) is 0 Å². The average molecular weight is 682 g/mol. The third-order valence-electron chi connectivity index (χ3n) is 11.2. The number of fused-ring (bicyclic) bond motifs is 3. The second kappa shape index (κ2) is 14.1. The van der Waals surface area contributed by atoms with Gasteiger partial charge in [0.1, 0.15) is 0 Å². The molecule has 1 aromatic heterocycles. The first kappa shape index (κ1) is 32.7. The van der Waals surface area contributed by atoms with Gasteiger partial charge in [0.05, 0.1) is 11.0 Å². The molecule has 0 spiro atoms. The highest BCUT2D eigenvalue weighted by Crippen LogP contribution is 2.42. The Morgan fingerprint density at radius 2 is 1.13 bits per heavy atom. The maximum Gasteiger partial charge on any atom is 0.0541 e. The molecule has 0 amide bonds. The fourth-order valence-corrected chi connectivity index (χ4v) is 8.51. The lowest BCUT2D eigenvalue weighted by molar-refractivity contribution is 0.715. The zero-order chi connectivity index (χ0) is 35.7. The van der Waals surface area contributed by atoms with E-state index in [-0.39, 0.29) is 0 Å². The number of aromatic nitrogens is 1. The summed E-state index contributed by atoms with van der Waals surface area (Å²) in [6, 6.07) is 62.4. The van der Waals surface area contributed by atoms with Gasteiger partial charge in [-0.05, 0) is 118 Å². The zero-order valence-electron chi connectivity index (χ0n) is 30.5. The number of benzene rings is 7. The Morgan fingerprint density at radius 1 is 0.528 bits per heavy atom. The summed E-state index contributed by atoms with van der Waals surface area (Å²) >= 11 is 0. The molecule has 1 nitrogen and oxygen atoms in total. The summed E-state index contributed by atoms with van der Waals surface area (Å²) in [6.45, 7) is 4.61. The molecule has 0 saturated heterocycles. The molecule has 1 aliphatic carbocycles. The Bertz CT molecular complexity index is 2640. The largest absolute Gasteiger partial charge is 0.309 e. The van der Waals surface area contributed by atoms with E-state index in [0.29, 0.717) is 5.92 Å². The predicted molar refractivity (Wildman–Crippen MR) is 227 cm³/mol. The Labute approximate surface area is 313 Å². The summed E-state index contributed by atoms with van der Waals surface area (Å²) in [5.74, 6) is 0.349. The van der Waals surface area contributed by atoms with Gasteiger partial charge in [0.15, 0.2) is 0 Å². The van der Waals surface area contributed by atoms with Crippen molar-refractivity contribution in [2.45, 2.75) is 39.0 Å². The van der Waals surface area contributed by atoms with Crippen LogP contribution in [0.25, 0.3) is 66.4 Å². The van der Waals surface area contributed by atoms with Gasteiger partial charge >= 0.3 is 0 Å². The smallest absolute Gasteiger partial charge is 0.0541 e. The van der Waals surface area contributed by atoms with Crippen LogP contribution in [-0.4, -0.2) is 4.57 Å². The third kappa shape index (κ3) is 6.13. The molecule has 9 rings (SSSR count). The minimum absolute atomic E-state index is 0.349. The van der Waals surface area contributed by atoms with Gasteiger partial charge in [-0.2, -0.15) is 0 Å². The van der Waals surface area contributed by atoms with Gasteiger partial charge in [-0.25, -0.2) is 0 Å². The first-order valence-electron chi connectivity index (χ1n) is 19.0. The number of allylic oxidation sites excluding steroid dienone is 4. The van der Waals surface area contributed by atoms with Crippen LogP contribution in [-0.2, 0) is 0 Å². The molecule has 1 heteroatoms. The Hall–Kier alpha value is -6.18. The van der Waals surface area contributed by atoms with Crippen molar-refractivity contribution in [3.8, 4) is 39.1 Å². The molecular weight excluding hydrogens is 639 g/mol. The molecule has 1 aliphatic rings. The maximum absolute atomic E-state index is 2.44. The van der Waals surface area contributed by atoms with E-state index in [1.807, 2.05) is 0 Å². The van der Waals surface area contributed by atoms with Crippen molar-refractivity contribution in [3.63, 3.8) is 0 Å².